The van der Waals surface area contributed by atoms with Gasteiger partial charge in [-0.25, -0.2) is 9.97 Å². The first kappa shape index (κ1) is 20.7. The van der Waals surface area contributed by atoms with Crippen molar-refractivity contribution in [1.82, 2.24) is 20.2 Å². The topological polar surface area (TPSA) is 97.0 Å². The summed E-state index contributed by atoms with van der Waals surface area (Å²) in [5.41, 5.74) is 4.63. The Bertz CT molecular complexity index is 1410. The highest BCUT2D eigenvalue weighted by atomic mass is 16.5. The molecule has 0 atom stereocenters. The number of nitrogens with zero attached hydrogens (tertiary/aromatic N) is 3. The first-order valence-electron chi connectivity index (χ1n) is 10.7. The Balaban J connectivity index is 1.60. The number of methoxy groups -OCH3 is 1. The molecule has 0 saturated heterocycles. The summed E-state index contributed by atoms with van der Waals surface area (Å²) >= 11 is 0. The van der Waals surface area contributed by atoms with E-state index < -0.39 is 0 Å². The van der Waals surface area contributed by atoms with Crippen LogP contribution in [0.15, 0.2) is 66.9 Å². The number of anilines is 3. The van der Waals surface area contributed by atoms with Crippen LogP contribution in [0, 0.1) is 0 Å². The number of benzene rings is 3. The summed E-state index contributed by atoms with van der Waals surface area (Å²) in [6, 6.07) is 19.9. The maximum atomic E-state index is 5.82. The van der Waals surface area contributed by atoms with Crippen molar-refractivity contribution in [3.05, 3.63) is 66.9 Å². The molecule has 2 heterocycles. The van der Waals surface area contributed by atoms with Gasteiger partial charge in [0.05, 0.1) is 23.8 Å². The van der Waals surface area contributed by atoms with Crippen LogP contribution in [0.4, 0.5) is 17.2 Å². The summed E-state index contributed by atoms with van der Waals surface area (Å²) in [6.07, 6.45) is 1.80. The van der Waals surface area contributed by atoms with Crippen molar-refractivity contribution in [2.45, 2.75) is 0 Å². The van der Waals surface area contributed by atoms with E-state index in [-0.39, 0.29) is 0 Å². The number of hydrogen-bond donors (Lipinski definition) is 3. The van der Waals surface area contributed by atoms with E-state index in [0.29, 0.717) is 24.9 Å². The van der Waals surface area contributed by atoms with E-state index in [1.807, 2.05) is 67.7 Å². The average molecular weight is 441 g/mol. The minimum absolute atomic E-state index is 0.470. The molecular weight excluding hydrogens is 416 g/mol. The van der Waals surface area contributed by atoms with Crippen LogP contribution in [0.1, 0.15) is 0 Å². The molecular formula is C25H24N6O2. The standard InChI is InChI=1S/C25H24N6O2/c1-26-18-5-3-4-16(12-18)24-29-23-9-7-20(33-11-10-32-2)14-21(23)25(30-24)28-19-6-8-22-17(13-19)15-27-31-22/h3-9,12-15,26H,10-11H2,1-2H3,(H,27,31)(H,28,29,30). The Morgan fingerprint density at radius 3 is 2.76 bits per heavy atom. The molecule has 0 aliphatic rings. The highest BCUT2D eigenvalue weighted by Crippen LogP contribution is 2.31. The molecule has 8 nitrogen and oxygen atoms in total. The van der Waals surface area contributed by atoms with Gasteiger partial charge >= 0.3 is 0 Å². The van der Waals surface area contributed by atoms with Crippen molar-refractivity contribution in [3.63, 3.8) is 0 Å². The fourth-order valence-corrected chi connectivity index (χ4v) is 3.64. The summed E-state index contributed by atoms with van der Waals surface area (Å²) in [5, 5.41) is 15.6. The number of rotatable bonds is 8. The Hall–Kier alpha value is -4.17. The molecule has 0 aliphatic heterocycles. The molecule has 3 N–H and O–H groups in total. The molecule has 166 valence electrons. The Morgan fingerprint density at radius 1 is 0.939 bits per heavy atom. The molecule has 0 bridgehead atoms. The summed E-state index contributed by atoms with van der Waals surface area (Å²) in [5.74, 6) is 2.07. The van der Waals surface area contributed by atoms with E-state index >= 15 is 0 Å². The maximum Gasteiger partial charge on any atom is 0.162 e. The number of H-pyrrole nitrogens is 1. The molecule has 5 rings (SSSR count). The fraction of sp³-hybridized carbons (Fsp3) is 0.160. The molecule has 8 heteroatoms. The lowest BCUT2D eigenvalue weighted by Gasteiger charge is -2.13. The quantitative estimate of drug-likeness (QED) is 0.293. The molecule has 0 spiro atoms. The van der Waals surface area contributed by atoms with Gasteiger partial charge in [0.1, 0.15) is 18.2 Å². The van der Waals surface area contributed by atoms with Crippen molar-refractivity contribution in [2.24, 2.45) is 0 Å². The highest BCUT2D eigenvalue weighted by Gasteiger charge is 2.12. The lowest BCUT2D eigenvalue weighted by Crippen LogP contribution is -2.05. The second kappa shape index (κ2) is 9.13. The van der Waals surface area contributed by atoms with Crippen LogP contribution in [-0.2, 0) is 4.74 Å². The number of ether oxygens (including phenoxy) is 2. The lowest BCUT2D eigenvalue weighted by molar-refractivity contribution is 0.146. The molecule has 2 aromatic heterocycles. The van der Waals surface area contributed by atoms with Crippen LogP contribution in [0.3, 0.4) is 0 Å². The largest absolute Gasteiger partial charge is 0.491 e. The van der Waals surface area contributed by atoms with Gasteiger partial charge in [-0.3, -0.25) is 5.10 Å². The van der Waals surface area contributed by atoms with Gasteiger partial charge in [-0.15, -0.1) is 0 Å². The zero-order valence-corrected chi connectivity index (χ0v) is 18.4. The van der Waals surface area contributed by atoms with Crippen LogP contribution < -0.4 is 15.4 Å². The molecule has 0 radical (unpaired) electrons. The molecule has 0 amide bonds. The van der Waals surface area contributed by atoms with Crippen molar-refractivity contribution < 1.29 is 9.47 Å². The number of nitrogens with one attached hydrogen (secondary N) is 3. The molecule has 33 heavy (non-hydrogen) atoms. The lowest BCUT2D eigenvalue weighted by atomic mass is 10.1. The predicted molar refractivity (Wildman–Crippen MR) is 131 cm³/mol. The number of aromatic amines is 1. The van der Waals surface area contributed by atoms with Crippen molar-refractivity contribution in [3.8, 4) is 17.1 Å². The molecule has 5 aromatic rings. The van der Waals surface area contributed by atoms with Gasteiger partial charge in [0.15, 0.2) is 5.82 Å². The average Bonchev–Trinajstić information content (AvgIpc) is 3.32. The van der Waals surface area contributed by atoms with Crippen LogP contribution >= 0.6 is 0 Å². The molecule has 0 aliphatic carbocycles. The fourth-order valence-electron chi connectivity index (χ4n) is 3.64. The van der Waals surface area contributed by atoms with Gasteiger partial charge in [-0.1, -0.05) is 12.1 Å². The van der Waals surface area contributed by atoms with E-state index in [9.17, 15) is 0 Å². The second-order valence-corrected chi connectivity index (χ2v) is 7.54. The first-order valence-corrected chi connectivity index (χ1v) is 10.7. The van der Waals surface area contributed by atoms with Crippen LogP contribution in [0.5, 0.6) is 5.75 Å². The monoisotopic (exact) mass is 440 g/mol. The van der Waals surface area contributed by atoms with E-state index in [0.717, 1.165) is 44.5 Å². The Labute approximate surface area is 191 Å². The van der Waals surface area contributed by atoms with E-state index in [1.165, 1.54) is 0 Å². The normalized spacial score (nSPS) is 11.1. The summed E-state index contributed by atoms with van der Waals surface area (Å²) in [4.78, 5) is 9.72. The SMILES string of the molecule is CNc1cccc(-c2nc(Nc3ccc4[nH]ncc4c3)c3cc(OCCOC)ccc3n2)c1. The summed E-state index contributed by atoms with van der Waals surface area (Å²) < 4.78 is 10.9. The van der Waals surface area contributed by atoms with Crippen LogP contribution in [0.25, 0.3) is 33.2 Å². The summed E-state index contributed by atoms with van der Waals surface area (Å²) in [7, 11) is 3.55. The van der Waals surface area contributed by atoms with Crippen molar-refractivity contribution in [2.75, 3.05) is 38.0 Å². The number of hydrogen-bond acceptors (Lipinski definition) is 7. The van der Waals surface area contributed by atoms with Gasteiger partial charge in [-0.2, -0.15) is 5.10 Å². The van der Waals surface area contributed by atoms with Gasteiger partial charge < -0.3 is 20.1 Å². The van der Waals surface area contributed by atoms with Crippen molar-refractivity contribution in [1.29, 1.82) is 0 Å². The maximum absolute atomic E-state index is 5.82. The molecule has 0 fully saturated rings. The van der Waals surface area contributed by atoms with E-state index in [2.05, 4.69) is 20.8 Å². The molecule has 0 saturated carbocycles. The predicted octanol–water partition coefficient (Wildman–Crippen LogP) is 4.98. The minimum atomic E-state index is 0.470. The third kappa shape index (κ3) is 4.42. The van der Waals surface area contributed by atoms with Gasteiger partial charge in [0, 0.05) is 41.9 Å². The van der Waals surface area contributed by atoms with Crippen LogP contribution in [0.2, 0.25) is 0 Å². The minimum Gasteiger partial charge on any atom is -0.491 e. The third-order valence-corrected chi connectivity index (χ3v) is 5.34. The smallest absolute Gasteiger partial charge is 0.162 e. The van der Waals surface area contributed by atoms with Crippen molar-refractivity contribution >= 4 is 39.0 Å². The van der Waals surface area contributed by atoms with Crippen LogP contribution in [-0.4, -0.2) is 47.5 Å². The third-order valence-electron chi connectivity index (χ3n) is 5.34. The van der Waals surface area contributed by atoms with E-state index in [1.54, 1.807) is 13.3 Å². The number of aromatic nitrogens is 4. The second-order valence-electron chi connectivity index (χ2n) is 7.54. The molecule has 0 unspecified atom stereocenters. The summed E-state index contributed by atoms with van der Waals surface area (Å²) in [6.45, 7) is 0.989. The highest BCUT2D eigenvalue weighted by molar-refractivity contribution is 5.94. The van der Waals surface area contributed by atoms with Gasteiger partial charge in [0.25, 0.3) is 0 Å². The Kier molecular flexibility index (Phi) is 5.73. The van der Waals surface area contributed by atoms with Gasteiger partial charge in [-0.05, 0) is 48.5 Å². The number of fused-ring (bicyclic) bond motifs is 2. The van der Waals surface area contributed by atoms with E-state index in [4.69, 9.17) is 19.4 Å². The molecule has 3 aromatic carbocycles. The Morgan fingerprint density at radius 2 is 1.88 bits per heavy atom. The zero-order valence-electron chi connectivity index (χ0n) is 18.4. The van der Waals surface area contributed by atoms with Gasteiger partial charge in [0.2, 0.25) is 0 Å². The zero-order chi connectivity index (χ0) is 22.6. The first-order chi connectivity index (χ1) is 16.2.